The Bertz CT molecular complexity index is 1300. The van der Waals surface area contributed by atoms with E-state index in [0.717, 1.165) is 35.3 Å². The summed E-state index contributed by atoms with van der Waals surface area (Å²) in [5.74, 6) is 1.02. The van der Waals surface area contributed by atoms with Crippen molar-refractivity contribution in [3.05, 3.63) is 82.3 Å². The molecule has 2 aromatic carbocycles. The van der Waals surface area contributed by atoms with Crippen LogP contribution in [-0.4, -0.2) is 54.7 Å². The lowest BCUT2D eigenvalue weighted by Gasteiger charge is -2.42. The number of likely N-dealkylation sites (tertiary alicyclic amines) is 1. The molecular formula is C28H32N4O3. The SMILES string of the molecule is COc1ccccc1NC(=O)N1C[C@H]2C[C@H](C1)c1ccc(-c3ccccc3CN(C)C)c(=O)n1C2. The number of urea groups is 1. The summed E-state index contributed by atoms with van der Waals surface area (Å²) in [4.78, 5) is 30.7. The van der Waals surface area contributed by atoms with E-state index >= 15 is 0 Å². The van der Waals surface area contributed by atoms with E-state index in [0.29, 0.717) is 31.1 Å². The summed E-state index contributed by atoms with van der Waals surface area (Å²) >= 11 is 0. The van der Waals surface area contributed by atoms with Gasteiger partial charge in [0.05, 0.1) is 12.8 Å². The fraction of sp³-hybridized carbons (Fsp3) is 0.357. The molecule has 2 aliphatic heterocycles. The number of carbonyl (C=O) groups is 1. The normalized spacial score (nSPS) is 18.8. The highest BCUT2D eigenvalue weighted by molar-refractivity contribution is 5.91. The number of amides is 2. The molecule has 7 nitrogen and oxygen atoms in total. The predicted octanol–water partition coefficient (Wildman–Crippen LogP) is 4.24. The van der Waals surface area contributed by atoms with Gasteiger partial charge in [0.25, 0.3) is 5.56 Å². The molecule has 2 bridgehead atoms. The molecule has 3 heterocycles. The lowest BCUT2D eigenvalue weighted by atomic mass is 9.83. The van der Waals surface area contributed by atoms with Gasteiger partial charge in [-0.05, 0) is 61.8 Å². The number of benzene rings is 2. The van der Waals surface area contributed by atoms with E-state index in [9.17, 15) is 9.59 Å². The van der Waals surface area contributed by atoms with E-state index in [1.165, 1.54) is 0 Å². The number of aromatic nitrogens is 1. The predicted molar refractivity (Wildman–Crippen MR) is 138 cm³/mol. The van der Waals surface area contributed by atoms with E-state index in [2.05, 4.69) is 22.3 Å². The van der Waals surface area contributed by atoms with E-state index in [1.54, 1.807) is 7.11 Å². The second-order valence-corrected chi connectivity index (χ2v) is 9.82. The third-order valence-corrected chi connectivity index (χ3v) is 7.03. The molecule has 1 saturated heterocycles. The number of nitrogens with zero attached hydrogens (tertiary/aromatic N) is 3. The number of carbonyl (C=O) groups excluding carboxylic acids is 1. The summed E-state index contributed by atoms with van der Waals surface area (Å²) in [6, 6.07) is 19.5. The van der Waals surface area contributed by atoms with Gasteiger partial charge in [0.1, 0.15) is 5.75 Å². The van der Waals surface area contributed by atoms with Crippen molar-refractivity contribution in [2.75, 3.05) is 39.6 Å². The molecule has 182 valence electrons. The number of hydrogen-bond donors (Lipinski definition) is 1. The average molecular weight is 473 g/mol. The van der Waals surface area contributed by atoms with Gasteiger partial charge in [-0.2, -0.15) is 0 Å². The van der Waals surface area contributed by atoms with Crippen LogP contribution in [0.1, 0.15) is 23.6 Å². The van der Waals surface area contributed by atoms with Crippen molar-refractivity contribution in [1.29, 1.82) is 0 Å². The maximum atomic E-state index is 13.7. The zero-order valence-corrected chi connectivity index (χ0v) is 20.5. The van der Waals surface area contributed by atoms with Gasteiger partial charge in [-0.3, -0.25) is 4.79 Å². The van der Waals surface area contributed by atoms with E-state index in [4.69, 9.17) is 4.74 Å². The van der Waals surface area contributed by atoms with Crippen LogP contribution < -0.4 is 15.6 Å². The van der Waals surface area contributed by atoms with Crippen LogP contribution in [0, 0.1) is 5.92 Å². The van der Waals surface area contributed by atoms with Gasteiger partial charge < -0.3 is 24.4 Å². The second-order valence-electron chi connectivity index (χ2n) is 9.82. The number of anilines is 1. The maximum absolute atomic E-state index is 13.7. The van der Waals surface area contributed by atoms with Gasteiger partial charge in [0.15, 0.2) is 0 Å². The Balaban J connectivity index is 1.40. The molecule has 1 N–H and O–H groups in total. The highest BCUT2D eigenvalue weighted by Crippen LogP contribution is 2.36. The number of rotatable bonds is 5. The molecule has 0 spiro atoms. The molecule has 0 aliphatic carbocycles. The van der Waals surface area contributed by atoms with Gasteiger partial charge in [0, 0.05) is 43.4 Å². The number of nitrogens with one attached hydrogen (secondary N) is 1. The Morgan fingerprint density at radius 3 is 2.57 bits per heavy atom. The molecule has 1 fully saturated rings. The van der Waals surface area contributed by atoms with Gasteiger partial charge >= 0.3 is 6.03 Å². The quantitative estimate of drug-likeness (QED) is 0.603. The summed E-state index contributed by atoms with van der Waals surface area (Å²) in [5.41, 5.74) is 4.64. The van der Waals surface area contributed by atoms with Gasteiger partial charge in [-0.1, -0.05) is 36.4 Å². The number of ether oxygens (including phenoxy) is 1. The Labute approximate surface area is 205 Å². The molecule has 2 amide bonds. The lowest BCUT2D eigenvalue weighted by Crippen LogP contribution is -2.50. The average Bonchev–Trinajstić information content (AvgIpc) is 2.85. The van der Waals surface area contributed by atoms with Gasteiger partial charge in [0.2, 0.25) is 0 Å². The number of para-hydroxylation sites is 2. The highest BCUT2D eigenvalue weighted by Gasteiger charge is 2.37. The monoisotopic (exact) mass is 472 g/mol. The first-order chi connectivity index (χ1) is 16.9. The largest absolute Gasteiger partial charge is 0.495 e. The van der Waals surface area contributed by atoms with Crippen LogP contribution in [0.3, 0.4) is 0 Å². The van der Waals surface area contributed by atoms with Crippen molar-refractivity contribution < 1.29 is 9.53 Å². The third-order valence-electron chi connectivity index (χ3n) is 7.03. The minimum absolute atomic E-state index is 0.0651. The molecular weight excluding hydrogens is 440 g/mol. The Hall–Kier alpha value is -3.58. The van der Waals surface area contributed by atoms with Crippen LogP contribution in [0.15, 0.2) is 65.5 Å². The highest BCUT2D eigenvalue weighted by atomic mass is 16.5. The van der Waals surface area contributed by atoms with Crippen LogP contribution in [0.5, 0.6) is 5.75 Å². The van der Waals surface area contributed by atoms with Crippen LogP contribution in [0.2, 0.25) is 0 Å². The Morgan fingerprint density at radius 1 is 1.00 bits per heavy atom. The van der Waals surface area contributed by atoms with Crippen LogP contribution in [0.4, 0.5) is 10.5 Å². The minimum Gasteiger partial charge on any atom is -0.495 e. The fourth-order valence-electron chi connectivity index (χ4n) is 5.52. The minimum atomic E-state index is -0.130. The fourth-order valence-corrected chi connectivity index (χ4v) is 5.52. The molecule has 35 heavy (non-hydrogen) atoms. The van der Waals surface area contributed by atoms with Crippen molar-refractivity contribution in [1.82, 2.24) is 14.4 Å². The standard InChI is InChI=1S/C28H32N4O3/c1-30(2)17-20-8-4-5-9-22(20)23-12-13-25-21-14-19(16-32(25)27(23)33)15-31(18-21)28(34)29-24-10-6-7-11-26(24)35-3/h4-13,19,21H,14-18H2,1-3H3,(H,29,34)/t19-,21-/m1/s1. The molecule has 2 atom stereocenters. The summed E-state index contributed by atoms with van der Waals surface area (Å²) in [6.45, 7) is 2.63. The molecule has 0 saturated carbocycles. The number of pyridine rings is 1. The molecule has 0 radical (unpaired) electrons. The Morgan fingerprint density at radius 2 is 1.77 bits per heavy atom. The Kier molecular flexibility index (Phi) is 6.34. The number of hydrogen-bond acceptors (Lipinski definition) is 4. The van der Waals surface area contributed by atoms with E-state index in [-0.39, 0.29) is 23.4 Å². The first-order valence-corrected chi connectivity index (χ1v) is 12.1. The van der Waals surface area contributed by atoms with E-state index < -0.39 is 0 Å². The topological polar surface area (TPSA) is 66.8 Å². The number of methoxy groups -OCH3 is 1. The molecule has 5 rings (SSSR count). The van der Waals surface area contributed by atoms with Gasteiger partial charge in [-0.15, -0.1) is 0 Å². The maximum Gasteiger partial charge on any atom is 0.321 e. The summed E-state index contributed by atoms with van der Waals surface area (Å²) < 4.78 is 7.33. The molecule has 2 aliphatic rings. The van der Waals surface area contributed by atoms with Crippen molar-refractivity contribution in [2.45, 2.75) is 25.4 Å². The molecule has 0 unspecified atom stereocenters. The molecule has 1 aromatic heterocycles. The van der Waals surface area contributed by atoms with Crippen molar-refractivity contribution in [3.8, 4) is 16.9 Å². The van der Waals surface area contributed by atoms with Crippen LogP contribution in [0.25, 0.3) is 11.1 Å². The van der Waals surface area contributed by atoms with Gasteiger partial charge in [-0.25, -0.2) is 4.79 Å². The first kappa shape index (κ1) is 23.2. The lowest BCUT2D eigenvalue weighted by molar-refractivity contribution is 0.139. The summed E-state index contributed by atoms with van der Waals surface area (Å²) in [6.07, 6.45) is 0.994. The zero-order valence-electron chi connectivity index (χ0n) is 20.5. The number of piperidine rings is 1. The van der Waals surface area contributed by atoms with Crippen LogP contribution in [-0.2, 0) is 13.1 Å². The first-order valence-electron chi connectivity index (χ1n) is 12.1. The van der Waals surface area contributed by atoms with Crippen LogP contribution >= 0.6 is 0 Å². The smallest absolute Gasteiger partial charge is 0.321 e. The van der Waals surface area contributed by atoms with Crippen molar-refractivity contribution in [2.24, 2.45) is 5.92 Å². The van der Waals surface area contributed by atoms with E-state index in [1.807, 2.05) is 72.1 Å². The molecule has 7 heteroatoms. The molecule has 3 aromatic rings. The van der Waals surface area contributed by atoms with Crippen molar-refractivity contribution >= 4 is 11.7 Å². The third kappa shape index (κ3) is 4.56. The number of fused-ring (bicyclic) bond motifs is 4. The second kappa shape index (κ2) is 9.58. The van der Waals surface area contributed by atoms with Crippen molar-refractivity contribution in [3.63, 3.8) is 0 Å². The summed E-state index contributed by atoms with van der Waals surface area (Å²) in [7, 11) is 5.67. The summed E-state index contributed by atoms with van der Waals surface area (Å²) in [5, 5.41) is 3.00. The zero-order chi connectivity index (χ0) is 24.5.